The second-order valence-corrected chi connectivity index (χ2v) is 9.48. The number of hydrogen-bond donors (Lipinski definition) is 7. The maximum atomic E-state index is 13.6. The van der Waals surface area contributed by atoms with Gasteiger partial charge in [0.15, 0.2) is 0 Å². The van der Waals surface area contributed by atoms with Crippen LogP contribution in [0.2, 0.25) is 0 Å². The van der Waals surface area contributed by atoms with Gasteiger partial charge in [-0.05, 0) is 30.5 Å². The van der Waals surface area contributed by atoms with Gasteiger partial charge in [0.1, 0.15) is 18.1 Å². The molecule has 3 rings (SSSR count). The Morgan fingerprint density at radius 1 is 0.825 bits per heavy atom. The normalized spacial score (nSPS) is 13.9. The molecule has 0 saturated carbocycles. The molecule has 40 heavy (non-hydrogen) atoms. The van der Waals surface area contributed by atoms with Gasteiger partial charge in [-0.25, -0.2) is 0 Å². The fourth-order valence-electron chi connectivity index (χ4n) is 4.13. The van der Waals surface area contributed by atoms with Crippen molar-refractivity contribution >= 4 is 40.6 Å². The van der Waals surface area contributed by atoms with Gasteiger partial charge >= 0.3 is 11.9 Å². The van der Waals surface area contributed by atoms with Crippen molar-refractivity contribution in [2.75, 3.05) is 0 Å². The Balaban J connectivity index is 1.86. The molecule has 2 aromatic carbocycles. The zero-order valence-corrected chi connectivity index (χ0v) is 21.9. The number of para-hydroxylation sites is 1. The Labute approximate surface area is 230 Å². The summed E-state index contributed by atoms with van der Waals surface area (Å²) in [4.78, 5) is 64.8. The molecule has 0 bridgehead atoms. The van der Waals surface area contributed by atoms with Crippen LogP contribution in [0.3, 0.4) is 0 Å². The third-order valence-corrected chi connectivity index (χ3v) is 6.38. The van der Waals surface area contributed by atoms with Gasteiger partial charge in [-0.1, -0.05) is 48.5 Å². The van der Waals surface area contributed by atoms with Crippen LogP contribution < -0.4 is 21.7 Å². The topological polar surface area (TPSA) is 204 Å². The Morgan fingerprint density at radius 3 is 2.10 bits per heavy atom. The average molecular weight is 552 g/mol. The van der Waals surface area contributed by atoms with E-state index < -0.39 is 53.8 Å². The summed E-state index contributed by atoms with van der Waals surface area (Å²) in [6.07, 6.45) is 1.36. The standard InChI is InChI=1S/C28H33N5O7/c1-16(28(39)40)31-26(37)22(13-17-7-3-2-4-8-17)33-27(38)23(32-25(36)20(29)11-12-24(34)35)14-18-15-30-21-10-6-5-9-19(18)21/h2-10,15-16,20,22-23,30H,11-14,29H2,1H3,(H,31,37)(H,32,36)(H,33,38)(H,34,35)(H,39,40). The molecule has 0 fully saturated rings. The first-order chi connectivity index (χ1) is 19.0. The van der Waals surface area contributed by atoms with Crippen LogP contribution >= 0.6 is 0 Å². The van der Waals surface area contributed by atoms with Crippen LogP contribution in [0.5, 0.6) is 0 Å². The largest absolute Gasteiger partial charge is 0.481 e. The first-order valence-electron chi connectivity index (χ1n) is 12.8. The molecular weight excluding hydrogens is 518 g/mol. The van der Waals surface area contributed by atoms with E-state index in [2.05, 4.69) is 20.9 Å². The maximum absolute atomic E-state index is 13.6. The number of carboxylic acids is 2. The number of carboxylic acid groups (broad SMARTS) is 2. The molecule has 1 heterocycles. The highest BCUT2D eigenvalue weighted by Gasteiger charge is 2.30. The van der Waals surface area contributed by atoms with Crippen LogP contribution in [0.25, 0.3) is 10.9 Å². The van der Waals surface area contributed by atoms with Crippen LogP contribution in [-0.4, -0.2) is 69.0 Å². The number of rotatable bonds is 14. The zero-order valence-electron chi connectivity index (χ0n) is 21.9. The third-order valence-electron chi connectivity index (χ3n) is 6.38. The van der Waals surface area contributed by atoms with Crippen molar-refractivity contribution in [3.8, 4) is 0 Å². The van der Waals surface area contributed by atoms with Gasteiger partial charge in [0.25, 0.3) is 0 Å². The van der Waals surface area contributed by atoms with Gasteiger partial charge in [-0.2, -0.15) is 0 Å². The van der Waals surface area contributed by atoms with Crippen LogP contribution in [-0.2, 0) is 36.8 Å². The number of aromatic amines is 1. The highest BCUT2D eigenvalue weighted by Crippen LogP contribution is 2.19. The van der Waals surface area contributed by atoms with Gasteiger partial charge in [0, 0.05) is 36.4 Å². The number of nitrogens with two attached hydrogens (primary N) is 1. The fourth-order valence-corrected chi connectivity index (χ4v) is 4.13. The molecular formula is C28H33N5O7. The highest BCUT2D eigenvalue weighted by molar-refractivity contribution is 5.95. The summed E-state index contributed by atoms with van der Waals surface area (Å²) in [6.45, 7) is 1.31. The quantitative estimate of drug-likeness (QED) is 0.152. The number of H-pyrrole nitrogens is 1. The first kappa shape index (κ1) is 29.8. The number of amides is 3. The smallest absolute Gasteiger partial charge is 0.325 e. The summed E-state index contributed by atoms with van der Waals surface area (Å²) in [7, 11) is 0. The number of carbonyl (C=O) groups is 5. The van der Waals surface area contributed by atoms with E-state index in [-0.39, 0.29) is 25.7 Å². The summed E-state index contributed by atoms with van der Waals surface area (Å²) in [5.41, 5.74) is 8.15. The van der Waals surface area contributed by atoms with Crippen molar-refractivity contribution in [3.05, 3.63) is 71.9 Å². The molecule has 4 unspecified atom stereocenters. The van der Waals surface area contributed by atoms with Crippen LogP contribution in [0.1, 0.15) is 30.9 Å². The van der Waals surface area contributed by atoms with E-state index in [4.69, 9.17) is 10.8 Å². The van der Waals surface area contributed by atoms with Crippen molar-refractivity contribution in [1.82, 2.24) is 20.9 Å². The predicted octanol–water partition coefficient (Wildman–Crippen LogP) is 0.704. The number of aromatic nitrogens is 1. The molecule has 0 radical (unpaired) electrons. The molecule has 0 saturated heterocycles. The molecule has 12 nitrogen and oxygen atoms in total. The Bertz CT molecular complexity index is 1360. The predicted molar refractivity (Wildman–Crippen MR) is 146 cm³/mol. The molecule has 212 valence electrons. The van der Waals surface area contributed by atoms with Crippen molar-refractivity contribution in [1.29, 1.82) is 0 Å². The van der Waals surface area contributed by atoms with E-state index in [1.165, 1.54) is 6.92 Å². The van der Waals surface area contributed by atoms with E-state index in [0.717, 1.165) is 22.0 Å². The number of nitrogens with one attached hydrogen (secondary N) is 4. The summed E-state index contributed by atoms with van der Waals surface area (Å²) >= 11 is 0. The van der Waals surface area contributed by atoms with Crippen molar-refractivity contribution < 1.29 is 34.2 Å². The minimum absolute atomic E-state index is 0.0401. The Morgan fingerprint density at radius 2 is 1.43 bits per heavy atom. The van der Waals surface area contributed by atoms with Gasteiger partial charge in [0.2, 0.25) is 17.7 Å². The zero-order chi connectivity index (χ0) is 29.2. The van der Waals surface area contributed by atoms with Crippen molar-refractivity contribution in [3.63, 3.8) is 0 Å². The minimum atomic E-state index is -1.24. The van der Waals surface area contributed by atoms with E-state index in [1.807, 2.05) is 24.3 Å². The van der Waals surface area contributed by atoms with Crippen molar-refractivity contribution in [2.24, 2.45) is 5.73 Å². The number of aliphatic carboxylic acids is 2. The molecule has 8 N–H and O–H groups in total. The van der Waals surface area contributed by atoms with Crippen LogP contribution in [0.4, 0.5) is 0 Å². The van der Waals surface area contributed by atoms with Gasteiger partial charge in [-0.3, -0.25) is 24.0 Å². The van der Waals surface area contributed by atoms with E-state index in [1.54, 1.807) is 36.5 Å². The fraction of sp³-hybridized carbons (Fsp3) is 0.321. The number of fused-ring (bicyclic) bond motifs is 1. The van der Waals surface area contributed by atoms with Gasteiger partial charge in [0.05, 0.1) is 6.04 Å². The average Bonchev–Trinajstić information content (AvgIpc) is 3.33. The Kier molecular flexibility index (Phi) is 10.4. The monoisotopic (exact) mass is 551 g/mol. The molecule has 0 aliphatic heterocycles. The molecule has 4 atom stereocenters. The second-order valence-electron chi connectivity index (χ2n) is 9.48. The number of hydrogen-bond acceptors (Lipinski definition) is 6. The summed E-state index contributed by atoms with van der Waals surface area (Å²) in [6, 6.07) is 11.6. The van der Waals surface area contributed by atoms with Crippen LogP contribution in [0.15, 0.2) is 60.8 Å². The number of benzene rings is 2. The van der Waals surface area contributed by atoms with Crippen molar-refractivity contribution in [2.45, 2.75) is 56.8 Å². The summed E-state index contributed by atoms with van der Waals surface area (Å²) in [5.74, 6) is -4.46. The molecule has 3 amide bonds. The molecule has 0 aliphatic carbocycles. The molecule has 0 spiro atoms. The molecule has 3 aromatic rings. The van der Waals surface area contributed by atoms with E-state index >= 15 is 0 Å². The van der Waals surface area contributed by atoms with Gasteiger partial charge < -0.3 is 36.9 Å². The molecule has 12 heteroatoms. The summed E-state index contributed by atoms with van der Waals surface area (Å²) < 4.78 is 0. The summed E-state index contributed by atoms with van der Waals surface area (Å²) in [5, 5.41) is 26.6. The second kappa shape index (κ2) is 13.9. The lowest BCUT2D eigenvalue weighted by Crippen LogP contribution is -2.58. The third kappa shape index (κ3) is 8.40. The maximum Gasteiger partial charge on any atom is 0.325 e. The van der Waals surface area contributed by atoms with E-state index in [0.29, 0.717) is 0 Å². The van der Waals surface area contributed by atoms with Crippen LogP contribution in [0, 0.1) is 0 Å². The molecule has 0 aliphatic rings. The highest BCUT2D eigenvalue weighted by atomic mass is 16.4. The lowest BCUT2D eigenvalue weighted by Gasteiger charge is -2.25. The SMILES string of the molecule is CC(NC(=O)C(Cc1ccccc1)NC(=O)C(Cc1c[nH]c2ccccc12)NC(=O)C(N)CCC(=O)O)C(=O)O. The first-order valence-corrected chi connectivity index (χ1v) is 12.8. The molecule has 1 aromatic heterocycles. The minimum Gasteiger partial charge on any atom is -0.481 e. The lowest BCUT2D eigenvalue weighted by atomic mass is 10.0. The van der Waals surface area contributed by atoms with Gasteiger partial charge in [-0.15, -0.1) is 0 Å². The lowest BCUT2D eigenvalue weighted by molar-refractivity contribution is -0.142. The van der Waals surface area contributed by atoms with E-state index in [9.17, 15) is 29.1 Å². The number of carbonyl (C=O) groups excluding carboxylic acids is 3. The Hall–Kier alpha value is -4.71.